The number of benzene rings is 2. The summed E-state index contributed by atoms with van der Waals surface area (Å²) < 4.78 is 27.6. The van der Waals surface area contributed by atoms with Gasteiger partial charge in [-0.15, -0.1) is 0 Å². The fourth-order valence-electron chi connectivity index (χ4n) is 2.32. The average Bonchev–Trinajstić information content (AvgIpc) is 3.01. The molecule has 0 bridgehead atoms. The lowest BCUT2D eigenvalue weighted by Gasteiger charge is -2.10. The molecule has 24 heavy (non-hydrogen) atoms. The van der Waals surface area contributed by atoms with Gasteiger partial charge in [0.05, 0.1) is 17.5 Å². The Morgan fingerprint density at radius 1 is 1.17 bits per heavy atom. The van der Waals surface area contributed by atoms with Crippen LogP contribution in [0.5, 0.6) is 0 Å². The zero-order chi connectivity index (χ0) is 17.2. The highest BCUT2D eigenvalue weighted by atomic mass is 32.2. The van der Waals surface area contributed by atoms with E-state index >= 15 is 0 Å². The average molecular weight is 338 g/mol. The lowest BCUT2D eigenvalue weighted by Crippen LogP contribution is -2.14. The van der Waals surface area contributed by atoms with E-state index in [1.165, 1.54) is 12.1 Å². The SMILES string of the molecule is Cc1ncc(-c2cccc(NS(=O)(=O)c3ccccc3C#N)c2)[nH]1. The Labute approximate surface area is 139 Å². The van der Waals surface area contributed by atoms with Gasteiger partial charge in [-0.3, -0.25) is 4.72 Å². The molecule has 0 amide bonds. The first kappa shape index (κ1) is 15.8. The van der Waals surface area contributed by atoms with Gasteiger partial charge in [-0.1, -0.05) is 24.3 Å². The number of rotatable bonds is 4. The predicted molar refractivity (Wildman–Crippen MR) is 90.7 cm³/mol. The summed E-state index contributed by atoms with van der Waals surface area (Å²) in [7, 11) is -3.85. The molecule has 0 unspecified atom stereocenters. The van der Waals surface area contributed by atoms with Crippen molar-refractivity contribution in [2.24, 2.45) is 0 Å². The molecule has 2 aromatic carbocycles. The van der Waals surface area contributed by atoms with Crippen LogP contribution in [-0.4, -0.2) is 18.4 Å². The highest BCUT2D eigenvalue weighted by Gasteiger charge is 2.18. The number of hydrogen-bond acceptors (Lipinski definition) is 4. The van der Waals surface area contributed by atoms with Crippen molar-refractivity contribution in [1.29, 1.82) is 5.26 Å². The first-order valence-corrected chi connectivity index (χ1v) is 8.62. The molecule has 0 saturated heterocycles. The lowest BCUT2D eigenvalue weighted by atomic mass is 10.1. The van der Waals surface area contributed by atoms with E-state index < -0.39 is 10.0 Å². The number of aromatic nitrogens is 2. The second-order valence-corrected chi connectivity index (χ2v) is 6.83. The van der Waals surface area contributed by atoms with Gasteiger partial charge in [-0.2, -0.15) is 5.26 Å². The van der Waals surface area contributed by atoms with Crippen molar-refractivity contribution in [2.45, 2.75) is 11.8 Å². The monoisotopic (exact) mass is 338 g/mol. The molecule has 0 spiro atoms. The minimum absolute atomic E-state index is 0.0460. The van der Waals surface area contributed by atoms with Crippen LogP contribution in [0.3, 0.4) is 0 Å². The molecule has 0 saturated carbocycles. The fraction of sp³-hybridized carbons (Fsp3) is 0.0588. The van der Waals surface area contributed by atoms with Gasteiger partial charge in [-0.05, 0) is 31.2 Å². The maximum absolute atomic E-state index is 12.6. The molecule has 7 heteroatoms. The summed E-state index contributed by atoms with van der Waals surface area (Å²) in [5.41, 5.74) is 2.12. The van der Waals surface area contributed by atoms with Crippen molar-refractivity contribution in [3.05, 3.63) is 66.1 Å². The van der Waals surface area contributed by atoms with Crippen LogP contribution in [-0.2, 0) is 10.0 Å². The second kappa shape index (κ2) is 6.18. The number of hydrogen-bond donors (Lipinski definition) is 2. The van der Waals surface area contributed by atoms with Gasteiger partial charge in [0.15, 0.2) is 0 Å². The molecule has 0 radical (unpaired) electrons. The third kappa shape index (κ3) is 3.14. The maximum atomic E-state index is 12.6. The van der Waals surface area contributed by atoms with E-state index in [0.29, 0.717) is 5.69 Å². The molecule has 2 N–H and O–H groups in total. The minimum atomic E-state index is -3.85. The number of anilines is 1. The summed E-state index contributed by atoms with van der Waals surface area (Å²) in [4.78, 5) is 7.19. The smallest absolute Gasteiger partial charge is 0.263 e. The molecule has 0 aliphatic carbocycles. The summed E-state index contributed by atoms with van der Waals surface area (Å²) in [5, 5.41) is 9.09. The summed E-state index contributed by atoms with van der Waals surface area (Å²) in [6, 6.07) is 14.9. The van der Waals surface area contributed by atoms with E-state index in [4.69, 9.17) is 5.26 Å². The van der Waals surface area contributed by atoms with Crippen molar-refractivity contribution >= 4 is 15.7 Å². The van der Waals surface area contributed by atoms with Crippen LogP contribution in [0.25, 0.3) is 11.3 Å². The van der Waals surface area contributed by atoms with Crippen LogP contribution in [0.1, 0.15) is 11.4 Å². The van der Waals surface area contributed by atoms with Gasteiger partial charge in [0, 0.05) is 11.3 Å². The van der Waals surface area contributed by atoms with Crippen LogP contribution in [0, 0.1) is 18.3 Å². The third-order valence-electron chi connectivity index (χ3n) is 3.43. The Morgan fingerprint density at radius 2 is 1.96 bits per heavy atom. The van der Waals surface area contributed by atoms with E-state index in [2.05, 4.69) is 14.7 Å². The Bertz CT molecular complexity index is 1030. The molecule has 3 aromatic rings. The molecule has 3 rings (SSSR count). The number of aromatic amines is 1. The fourth-order valence-corrected chi connectivity index (χ4v) is 3.53. The number of aryl methyl sites for hydroxylation is 1. The minimum Gasteiger partial charge on any atom is -0.342 e. The standard InChI is InChI=1S/C17H14N4O2S/c1-12-19-11-16(20-12)13-6-4-7-15(9-13)21-24(22,23)17-8-3-2-5-14(17)10-18/h2-9,11,21H,1H3,(H,19,20). The number of imidazole rings is 1. The number of nitrogens with one attached hydrogen (secondary N) is 2. The van der Waals surface area contributed by atoms with Gasteiger partial charge in [0.2, 0.25) is 0 Å². The Kier molecular flexibility index (Phi) is 4.06. The molecule has 0 aliphatic rings. The first-order valence-electron chi connectivity index (χ1n) is 7.13. The molecule has 0 fully saturated rings. The van der Waals surface area contributed by atoms with Crippen LogP contribution in [0.4, 0.5) is 5.69 Å². The van der Waals surface area contributed by atoms with Crippen LogP contribution >= 0.6 is 0 Å². The Hall–Kier alpha value is -3.11. The van der Waals surface area contributed by atoms with Crippen LogP contribution in [0.15, 0.2) is 59.6 Å². The summed E-state index contributed by atoms with van der Waals surface area (Å²) in [6.45, 7) is 1.84. The predicted octanol–water partition coefficient (Wildman–Crippen LogP) is 3.06. The van der Waals surface area contributed by atoms with E-state index in [0.717, 1.165) is 17.1 Å². The molecule has 0 aliphatic heterocycles. The number of H-pyrrole nitrogens is 1. The van der Waals surface area contributed by atoms with Crippen LogP contribution in [0.2, 0.25) is 0 Å². The number of sulfonamides is 1. The molecule has 1 aromatic heterocycles. The van der Waals surface area contributed by atoms with E-state index in [1.807, 2.05) is 19.1 Å². The molecule has 120 valence electrons. The quantitative estimate of drug-likeness (QED) is 0.763. The Morgan fingerprint density at radius 3 is 2.67 bits per heavy atom. The zero-order valence-electron chi connectivity index (χ0n) is 12.8. The van der Waals surface area contributed by atoms with Crippen molar-refractivity contribution in [1.82, 2.24) is 9.97 Å². The highest BCUT2D eigenvalue weighted by Crippen LogP contribution is 2.24. The van der Waals surface area contributed by atoms with Crippen molar-refractivity contribution in [3.63, 3.8) is 0 Å². The topological polar surface area (TPSA) is 98.6 Å². The third-order valence-corrected chi connectivity index (χ3v) is 4.87. The van der Waals surface area contributed by atoms with Gasteiger partial charge in [-0.25, -0.2) is 13.4 Å². The first-order chi connectivity index (χ1) is 11.5. The molecule has 6 nitrogen and oxygen atoms in total. The molecule has 1 heterocycles. The van der Waals surface area contributed by atoms with E-state index in [-0.39, 0.29) is 10.5 Å². The van der Waals surface area contributed by atoms with Gasteiger partial charge < -0.3 is 4.98 Å². The molecule has 0 atom stereocenters. The summed E-state index contributed by atoms with van der Waals surface area (Å²) >= 11 is 0. The maximum Gasteiger partial charge on any atom is 0.263 e. The summed E-state index contributed by atoms with van der Waals surface area (Å²) in [6.07, 6.45) is 1.69. The van der Waals surface area contributed by atoms with Gasteiger partial charge in [0.25, 0.3) is 10.0 Å². The molecular formula is C17H14N4O2S. The van der Waals surface area contributed by atoms with Crippen molar-refractivity contribution < 1.29 is 8.42 Å². The van der Waals surface area contributed by atoms with E-state index in [1.54, 1.807) is 36.5 Å². The zero-order valence-corrected chi connectivity index (χ0v) is 13.6. The van der Waals surface area contributed by atoms with Crippen molar-refractivity contribution in [2.75, 3.05) is 4.72 Å². The Balaban J connectivity index is 1.95. The van der Waals surface area contributed by atoms with Gasteiger partial charge in [0.1, 0.15) is 16.8 Å². The normalized spacial score (nSPS) is 11.0. The van der Waals surface area contributed by atoms with Crippen LogP contribution < -0.4 is 4.72 Å². The van der Waals surface area contributed by atoms with Gasteiger partial charge >= 0.3 is 0 Å². The molecular weight excluding hydrogens is 324 g/mol. The second-order valence-electron chi connectivity index (χ2n) is 5.18. The number of nitriles is 1. The largest absolute Gasteiger partial charge is 0.342 e. The van der Waals surface area contributed by atoms with Crippen molar-refractivity contribution in [3.8, 4) is 17.3 Å². The lowest BCUT2D eigenvalue weighted by molar-refractivity contribution is 0.601. The summed E-state index contributed by atoms with van der Waals surface area (Å²) in [5.74, 6) is 0.777. The van der Waals surface area contributed by atoms with E-state index in [9.17, 15) is 8.42 Å². The number of nitrogens with zero attached hydrogens (tertiary/aromatic N) is 2. The highest BCUT2D eigenvalue weighted by molar-refractivity contribution is 7.92.